The Kier molecular flexibility index (Phi) is 6.97. The van der Waals surface area contributed by atoms with Crippen LogP contribution in [0.4, 0.5) is 0 Å². The van der Waals surface area contributed by atoms with E-state index in [1.54, 1.807) is 11.8 Å². The van der Waals surface area contributed by atoms with Crippen LogP contribution in [-0.4, -0.2) is 35.7 Å². The minimum atomic E-state index is 0.125. The number of amides is 1. The van der Waals surface area contributed by atoms with Crippen molar-refractivity contribution in [3.63, 3.8) is 0 Å². The van der Waals surface area contributed by atoms with Gasteiger partial charge in [-0.15, -0.1) is 0 Å². The molecule has 1 aliphatic rings. The summed E-state index contributed by atoms with van der Waals surface area (Å²) in [7, 11) is 0. The van der Waals surface area contributed by atoms with E-state index in [-0.39, 0.29) is 24.5 Å². The quantitative estimate of drug-likeness (QED) is 0.767. The first-order chi connectivity index (χ1) is 8.17. The van der Waals surface area contributed by atoms with E-state index in [4.69, 9.17) is 5.11 Å². The second-order valence-corrected chi connectivity index (χ2v) is 6.05. The van der Waals surface area contributed by atoms with Gasteiger partial charge in [0.05, 0.1) is 0 Å². The number of rotatable bonds is 6. The van der Waals surface area contributed by atoms with Gasteiger partial charge < -0.3 is 10.4 Å². The van der Waals surface area contributed by atoms with Crippen LogP contribution in [0.25, 0.3) is 0 Å². The van der Waals surface area contributed by atoms with E-state index < -0.39 is 0 Å². The fourth-order valence-electron chi connectivity index (χ4n) is 2.55. The Balaban J connectivity index is 2.39. The molecule has 2 N–H and O–H groups in total. The molecule has 100 valence electrons. The molecule has 0 aliphatic heterocycles. The van der Waals surface area contributed by atoms with Crippen LogP contribution in [0.15, 0.2) is 0 Å². The molecule has 3 unspecified atom stereocenters. The smallest absolute Gasteiger partial charge is 0.223 e. The third kappa shape index (κ3) is 5.30. The number of hydrogen-bond donors (Lipinski definition) is 2. The molecule has 0 aromatic rings. The summed E-state index contributed by atoms with van der Waals surface area (Å²) in [6.07, 6.45) is 7.17. The molecule has 17 heavy (non-hydrogen) atoms. The summed E-state index contributed by atoms with van der Waals surface area (Å²) in [5, 5.41) is 12.1. The van der Waals surface area contributed by atoms with Gasteiger partial charge in [0.1, 0.15) is 0 Å². The molecule has 1 fully saturated rings. The standard InChI is InChI=1S/C13H25NO2S/c1-10-4-3-5-11(8-10)13(16)14-12(6-7-15)9-17-2/h10-12,15H,3-9H2,1-2H3,(H,14,16). The minimum Gasteiger partial charge on any atom is -0.396 e. The lowest BCUT2D eigenvalue weighted by atomic mass is 9.82. The van der Waals surface area contributed by atoms with Gasteiger partial charge in [-0.2, -0.15) is 11.8 Å². The molecule has 1 amide bonds. The van der Waals surface area contributed by atoms with Crippen LogP contribution < -0.4 is 5.32 Å². The van der Waals surface area contributed by atoms with Gasteiger partial charge in [0.25, 0.3) is 0 Å². The van der Waals surface area contributed by atoms with E-state index >= 15 is 0 Å². The van der Waals surface area contributed by atoms with Gasteiger partial charge in [0.2, 0.25) is 5.91 Å². The number of aliphatic hydroxyl groups is 1. The van der Waals surface area contributed by atoms with Crippen molar-refractivity contribution in [3.05, 3.63) is 0 Å². The van der Waals surface area contributed by atoms with Crippen LogP contribution in [0.1, 0.15) is 39.0 Å². The average molecular weight is 259 g/mol. The Bertz CT molecular complexity index is 229. The molecular weight excluding hydrogens is 234 g/mol. The van der Waals surface area contributed by atoms with Gasteiger partial charge in [-0.3, -0.25) is 4.79 Å². The van der Waals surface area contributed by atoms with Gasteiger partial charge in [0.15, 0.2) is 0 Å². The van der Waals surface area contributed by atoms with Crippen LogP contribution >= 0.6 is 11.8 Å². The van der Waals surface area contributed by atoms with Crippen LogP contribution in [0.2, 0.25) is 0 Å². The molecule has 4 heteroatoms. The highest BCUT2D eigenvalue weighted by Crippen LogP contribution is 2.28. The van der Waals surface area contributed by atoms with Gasteiger partial charge in [-0.25, -0.2) is 0 Å². The molecule has 0 radical (unpaired) electrons. The topological polar surface area (TPSA) is 49.3 Å². The number of carbonyl (C=O) groups is 1. The second kappa shape index (κ2) is 7.98. The lowest BCUT2D eigenvalue weighted by Gasteiger charge is -2.27. The van der Waals surface area contributed by atoms with Crippen molar-refractivity contribution < 1.29 is 9.90 Å². The maximum absolute atomic E-state index is 12.1. The summed E-state index contributed by atoms with van der Waals surface area (Å²) >= 11 is 1.71. The van der Waals surface area contributed by atoms with Crippen LogP contribution in [0, 0.1) is 11.8 Å². The predicted octanol–water partition coefficient (Wildman–Crippen LogP) is 2.04. The Hall–Kier alpha value is -0.220. The largest absolute Gasteiger partial charge is 0.396 e. The fourth-order valence-corrected chi connectivity index (χ4v) is 3.20. The van der Waals surface area contributed by atoms with Crippen molar-refractivity contribution in [3.8, 4) is 0 Å². The Labute approximate surface area is 109 Å². The first-order valence-corrected chi connectivity index (χ1v) is 7.97. The maximum Gasteiger partial charge on any atom is 0.223 e. The van der Waals surface area contributed by atoms with E-state index in [1.165, 1.54) is 12.8 Å². The number of carbonyl (C=O) groups excluding carboxylic acids is 1. The summed E-state index contributed by atoms with van der Waals surface area (Å²) < 4.78 is 0. The zero-order valence-electron chi connectivity index (χ0n) is 10.9. The van der Waals surface area contributed by atoms with Crippen LogP contribution in [0.3, 0.4) is 0 Å². The van der Waals surface area contributed by atoms with Crippen molar-refractivity contribution in [2.45, 2.75) is 45.1 Å². The zero-order chi connectivity index (χ0) is 12.7. The van der Waals surface area contributed by atoms with Crippen molar-refractivity contribution in [2.75, 3.05) is 18.6 Å². The van der Waals surface area contributed by atoms with Crippen molar-refractivity contribution in [1.29, 1.82) is 0 Å². The molecule has 0 saturated heterocycles. The van der Waals surface area contributed by atoms with Crippen LogP contribution in [0.5, 0.6) is 0 Å². The molecule has 0 heterocycles. The molecule has 0 aromatic heterocycles. The second-order valence-electron chi connectivity index (χ2n) is 5.14. The van der Waals surface area contributed by atoms with Crippen molar-refractivity contribution >= 4 is 17.7 Å². The SMILES string of the molecule is CSCC(CCO)NC(=O)C1CCCC(C)C1. The van der Waals surface area contributed by atoms with Gasteiger partial charge in [-0.05, 0) is 31.4 Å². The third-order valence-electron chi connectivity index (χ3n) is 3.50. The summed E-state index contributed by atoms with van der Waals surface area (Å²) in [6, 6.07) is 0.125. The van der Waals surface area contributed by atoms with Crippen molar-refractivity contribution in [1.82, 2.24) is 5.32 Å². The van der Waals surface area contributed by atoms with Crippen molar-refractivity contribution in [2.24, 2.45) is 11.8 Å². The molecule has 0 aromatic carbocycles. The number of thioether (sulfide) groups is 1. The summed E-state index contributed by atoms with van der Waals surface area (Å²) in [6.45, 7) is 2.37. The Morgan fingerprint density at radius 3 is 2.88 bits per heavy atom. The molecule has 3 atom stereocenters. The van der Waals surface area contributed by atoms with E-state index in [0.29, 0.717) is 12.3 Å². The Morgan fingerprint density at radius 2 is 2.29 bits per heavy atom. The van der Waals surface area contributed by atoms with E-state index in [0.717, 1.165) is 18.6 Å². The molecule has 1 aliphatic carbocycles. The number of hydrogen-bond acceptors (Lipinski definition) is 3. The normalized spacial score (nSPS) is 26.5. The highest BCUT2D eigenvalue weighted by atomic mass is 32.2. The average Bonchev–Trinajstić information content (AvgIpc) is 2.29. The minimum absolute atomic E-state index is 0.125. The van der Waals surface area contributed by atoms with Crippen LogP contribution in [-0.2, 0) is 4.79 Å². The number of nitrogens with one attached hydrogen (secondary N) is 1. The van der Waals surface area contributed by atoms with Gasteiger partial charge in [-0.1, -0.05) is 19.8 Å². The highest BCUT2D eigenvalue weighted by Gasteiger charge is 2.26. The van der Waals surface area contributed by atoms with E-state index in [2.05, 4.69) is 12.2 Å². The molecule has 0 spiro atoms. The summed E-state index contributed by atoms with van der Waals surface area (Å²) in [5.74, 6) is 1.95. The lowest BCUT2D eigenvalue weighted by Crippen LogP contribution is -2.42. The molecule has 3 nitrogen and oxygen atoms in total. The molecule has 1 rings (SSSR count). The fraction of sp³-hybridized carbons (Fsp3) is 0.923. The number of aliphatic hydroxyl groups excluding tert-OH is 1. The zero-order valence-corrected chi connectivity index (χ0v) is 11.8. The Morgan fingerprint density at radius 1 is 1.53 bits per heavy atom. The highest BCUT2D eigenvalue weighted by molar-refractivity contribution is 7.98. The van der Waals surface area contributed by atoms with Gasteiger partial charge >= 0.3 is 0 Å². The van der Waals surface area contributed by atoms with Gasteiger partial charge in [0, 0.05) is 24.3 Å². The molecular formula is C13H25NO2S. The first kappa shape index (κ1) is 14.8. The monoisotopic (exact) mass is 259 g/mol. The summed E-state index contributed by atoms with van der Waals surface area (Å²) in [5.41, 5.74) is 0. The third-order valence-corrected chi connectivity index (χ3v) is 4.23. The lowest BCUT2D eigenvalue weighted by molar-refractivity contribution is -0.127. The first-order valence-electron chi connectivity index (χ1n) is 6.57. The predicted molar refractivity (Wildman–Crippen MR) is 73.1 cm³/mol. The van der Waals surface area contributed by atoms with E-state index in [9.17, 15) is 4.79 Å². The maximum atomic E-state index is 12.1. The molecule has 0 bridgehead atoms. The molecule has 1 saturated carbocycles. The van der Waals surface area contributed by atoms with E-state index in [1.807, 2.05) is 6.26 Å². The summed E-state index contributed by atoms with van der Waals surface area (Å²) in [4.78, 5) is 12.1.